The second-order valence-electron chi connectivity index (χ2n) is 5.79. The van der Waals surface area contributed by atoms with Gasteiger partial charge in [-0.3, -0.25) is 9.67 Å². The van der Waals surface area contributed by atoms with E-state index in [2.05, 4.69) is 28.5 Å². The van der Waals surface area contributed by atoms with Crippen LogP contribution in [0, 0.1) is 5.92 Å². The number of nitrogens with one attached hydrogen (secondary N) is 1. The fourth-order valence-corrected chi connectivity index (χ4v) is 2.87. The first-order valence-electron chi connectivity index (χ1n) is 7.89. The van der Waals surface area contributed by atoms with Crippen LogP contribution >= 0.6 is 0 Å². The summed E-state index contributed by atoms with van der Waals surface area (Å²) in [6, 6.07) is 0. The van der Waals surface area contributed by atoms with E-state index in [4.69, 9.17) is 4.98 Å². The maximum Gasteiger partial charge on any atom is 0.0920 e. The van der Waals surface area contributed by atoms with Crippen LogP contribution in [0.5, 0.6) is 0 Å². The molecular formula is C16H23N5. The van der Waals surface area contributed by atoms with E-state index in [0.717, 1.165) is 55.3 Å². The zero-order valence-corrected chi connectivity index (χ0v) is 12.6. The average molecular weight is 285 g/mol. The Kier molecular flexibility index (Phi) is 4.60. The molecule has 1 fully saturated rings. The van der Waals surface area contributed by atoms with Crippen LogP contribution < -0.4 is 5.32 Å². The summed E-state index contributed by atoms with van der Waals surface area (Å²) in [5.74, 6) is 0.735. The third kappa shape index (κ3) is 3.67. The lowest BCUT2D eigenvalue weighted by molar-refractivity contribution is 0.370. The van der Waals surface area contributed by atoms with E-state index in [9.17, 15) is 0 Å². The summed E-state index contributed by atoms with van der Waals surface area (Å²) in [5.41, 5.74) is 3.09. The monoisotopic (exact) mass is 285 g/mol. The minimum Gasteiger partial charge on any atom is -0.317 e. The Balaban J connectivity index is 1.72. The van der Waals surface area contributed by atoms with Gasteiger partial charge in [0.25, 0.3) is 0 Å². The Morgan fingerprint density at radius 3 is 2.90 bits per heavy atom. The van der Waals surface area contributed by atoms with Crippen molar-refractivity contribution >= 4 is 0 Å². The molecule has 1 saturated heterocycles. The molecule has 0 amide bonds. The number of nitrogens with zero attached hydrogens (tertiary/aromatic N) is 4. The minimum atomic E-state index is 0.735. The molecule has 21 heavy (non-hydrogen) atoms. The highest BCUT2D eigenvalue weighted by Crippen LogP contribution is 2.19. The molecule has 2 aromatic rings. The van der Waals surface area contributed by atoms with Gasteiger partial charge in [0.1, 0.15) is 0 Å². The first-order valence-corrected chi connectivity index (χ1v) is 7.89. The Labute approximate surface area is 125 Å². The number of piperidine rings is 1. The molecule has 1 aliphatic rings. The molecule has 5 heteroatoms. The zero-order chi connectivity index (χ0) is 14.5. The Bertz CT molecular complexity index is 572. The first-order chi connectivity index (χ1) is 10.3. The van der Waals surface area contributed by atoms with E-state index < -0.39 is 0 Å². The van der Waals surface area contributed by atoms with E-state index >= 15 is 0 Å². The van der Waals surface area contributed by atoms with Crippen LogP contribution in [0.3, 0.4) is 0 Å². The van der Waals surface area contributed by atoms with Crippen molar-refractivity contribution in [3.05, 3.63) is 30.5 Å². The number of hydrogen-bond acceptors (Lipinski definition) is 4. The van der Waals surface area contributed by atoms with Crippen LogP contribution in [0.4, 0.5) is 0 Å². The van der Waals surface area contributed by atoms with Crippen LogP contribution in [-0.4, -0.2) is 32.8 Å². The van der Waals surface area contributed by atoms with Crippen molar-refractivity contribution in [2.24, 2.45) is 5.92 Å². The quantitative estimate of drug-likeness (QED) is 0.916. The summed E-state index contributed by atoms with van der Waals surface area (Å²) in [7, 11) is 0. The largest absolute Gasteiger partial charge is 0.317 e. The van der Waals surface area contributed by atoms with Gasteiger partial charge >= 0.3 is 0 Å². The third-order valence-electron chi connectivity index (χ3n) is 4.02. The van der Waals surface area contributed by atoms with Gasteiger partial charge < -0.3 is 5.32 Å². The van der Waals surface area contributed by atoms with Gasteiger partial charge in [-0.15, -0.1) is 0 Å². The summed E-state index contributed by atoms with van der Waals surface area (Å²) < 4.78 is 1.97. The molecule has 0 unspecified atom stereocenters. The molecule has 3 rings (SSSR count). The summed E-state index contributed by atoms with van der Waals surface area (Å²) in [6.07, 6.45) is 12.3. The molecule has 112 valence electrons. The van der Waals surface area contributed by atoms with Gasteiger partial charge in [0.2, 0.25) is 0 Å². The maximum atomic E-state index is 4.77. The first kappa shape index (κ1) is 14.2. The van der Waals surface area contributed by atoms with E-state index in [1.165, 1.54) is 12.8 Å². The highest BCUT2D eigenvalue weighted by Gasteiger charge is 2.15. The fourth-order valence-electron chi connectivity index (χ4n) is 2.87. The summed E-state index contributed by atoms with van der Waals surface area (Å²) >= 11 is 0. The Morgan fingerprint density at radius 2 is 2.10 bits per heavy atom. The van der Waals surface area contributed by atoms with Gasteiger partial charge in [-0.1, -0.05) is 6.92 Å². The van der Waals surface area contributed by atoms with Crippen LogP contribution in [0.25, 0.3) is 11.3 Å². The van der Waals surface area contributed by atoms with Crippen molar-refractivity contribution in [1.82, 2.24) is 25.1 Å². The van der Waals surface area contributed by atoms with Crippen LogP contribution in [0.2, 0.25) is 0 Å². The molecule has 2 aromatic heterocycles. The summed E-state index contributed by atoms with van der Waals surface area (Å²) in [6.45, 7) is 5.35. The molecule has 0 saturated carbocycles. The van der Waals surface area contributed by atoms with E-state index in [1.807, 2.05) is 23.3 Å². The normalized spacial score (nSPS) is 16.2. The molecule has 5 nitrogen and oxygen atoms in total. The van der Waals surface area contributed by atoms with Gasteiger partial charge in [-0.05, 0) is 44.7 Å². The van der Waals surface area contributed by atoms with Crippen LogP contribution in [0.15, 0.2) is 24.8 Å². The smallest absolute Gasteiger partial charge is 0.0920 e. The zero-order valence-electron chi connectivity index (χ0n) is 12.6. The fraction of sp³-hybridized carbons (Fsp3) is 0.562. The SMILES string of the molecule is CCCn1cc(-c2cncc(CC3CCNCC3)n2)cn1. The van der Waals surface area contributed by atoms with Gasteiger partial charge in [-0.2, -0.15) is 5.10 Å². The van der Waals surface area contributed by atoms with Crippen LogP contribution in [-0.2, 0) is 13.0 Å². The number of aryl methyl sites for hydroxylation is 1. The van der Waals surface area contributed by atoms with Gasteiger partial charge in [-0.25, -0.2) is 4.98 Å². The summed E-state index contributed by atoms with van der Waals surface area (Å²) in [4.78, 5) is 9.14. The third-order valence-corrected chi connectivity index (χ3v) is 4.02. The highest BCUT2D eigenvalue weighted by molar-refractivity contribution is 5.55. The molecule has 0 radical (unpaired) electrons. The molecule has 0 atom stereocenters. The van der Waals surface area contributed by atoms with Gasteiger partial charge in [0, 0.05) is 24.5 Å². The van der Waals surface area contributed by atoms with Crippen molar-refractivity contribution in [2.45, 2.75) is 39.2 Å². The van der Waals surface area contributed by atoms with Crippen molar-refractivity contribution in [3.8, 4) is 11.3 Å². The molecular weight excluding hydrogens is 262 g/mol. The van der Waals surface area contributed by atoms with Crippen molar-refractivity contribution in [1.29, 1.82) is 0 Å². The summed E-state index contributed by atoms with van der Waals surface area (Å²) in [5, 5.41) is 7.77. The predicted molar refractivity (Wildman–Crippen MR) is 82.8 cm³/mol. The average Bonchev–Trinajstić information content (AvgIpc) is 2.98. The highest BCUT2D eigenvalue weighted by atomic mass is 15.3. The van der Waals surface area contributed by atoms with Gasteiger partial charge in [0.05, 0.1) is 23.8 Å². The Hall–Kier alpha value is -1.75. The Morgan fingerprint density at radius 1 is 1.24 bits per heavy atom. The van der Waals surface area contributed by atoms with Crippen molar-refractivity contribution in [2.75, 3.05) is 13.1 Å². The van der Waals surface area contributed by atoms with E-state index in [-0.39, 0.29) is 0 Å². The molecule has 0 spiro atoms. The number of rotatable bonds is 5. The molecule has 1 aliphatic heterocycles. The predicted octanol–water partition coefficient (Wildman–Crippen LogP) is 2.29. The van der Waals surface area contributed by atoms with E-state index in [0.29, 0.717) is 0 Å². The topological polar surface area (TPSA) is 55.6 Å². The number of aromatic nitrogens is 4. The second-order valence-corrected chi connectivity index (χ2v) is 5.79. The number of hydrogen-bond donors (Lipinski definition) is 1. The molecule has 1 N–H and O–H groups in total. The van der Waals surface area contributed by atoms with E-state index in [1.54, 1.807) is 0 Å². The lowest BCUT2D eigenvalue weighted by Crippen LogP contribution is -2.28. The minimum absolute atomic E-state index is 0.735. The molecule has 0 bridgehead atoms. The second kappa shape index (κ2) is 6.80. The maximum absolute atomic E-state index is 4.77. The standard InChI is InChI=1S/C16H23N5/c1-2-7-21-12-14(9-19-21)16-11-18-10-15(20-16)8-13-3-5-17-6-4-13/h9-13,17H,2-8H2,1H3. The lowest BCUT2D eigenvalue weighted by Gasteiger charge is -2.22. The molecule has 0 aromatic carbocycles. The molecule has 3 heterocycles. The van der Waals surface area contributed by atoms with Crippen LogP contribution in [0.1, 0.15) is 31.9 Å². The van der Waals surface area contributed by atoms with Crippen molar-refractivity contribution in [3.63, 3.8) is 0 Å². The van der Waals surface area contributed by atoms with Gasteiger partial charge in [0.15, 0.2) is 0 Å². The van der Waals surface area contributed by atoms with Crippen molar-refractivity contribution < 1.29 is 0 Å². The lowest BCUT2D eigenvalue weighted by atomic mass is 9.93. The molecule has 0 aliphatic carbocycles.